The lowest BCUT2D eigenvalue weighted by atomic mass is 10.1. The Hall–Kier alpha value is -1.07. The van der Waals surface area contributed by atoms with Crippen LogP contribution in [0.15, 0.2) is 6.33 Å². The van der Waals surface area contributed by atoms with Gasteiger partial charge in [0.1, 0.15) is 12.0 Å². The fourth-order valence-electron chi connectivity index (χ4n) is 2.13. The average molecular weight is 257 g/mol. The quantitative estimate of drug-likeness (QED) is 0.836. The number of rotatable bonds is 3. The minimum absolute atomic E-state index is 0.266. The lowest BCUT2D eigenvalue weighted by Gasteiger charge is -2.33. The van der Waals surface area contributed by atoms with E-state index in [-0.39, 0.29) is 6.10 Å². The lowest BCUT2D eigenvalue weighted by molar-refractivity contribution is 0.0891. The van der Waals surface area contributed by atoms with Crippen molar-refractivity contribution in [2.24, 2.45) is 0 Å². The van der Waals surface area contributed by atoms with E-state index < -0.39 is 0 Å². The van der Waals surface area contributed by atoms with Gasteiger partial charge >= 0.3 is 0 Å². The van der Waals surface area contributed by atoms with Crippen LogP contribution in [-0.2, 0) is 4.74 Å². The van der Waals surface area contributed by atoms with E-state index >= 15 is 0 Å². The summed E-state index contributed by atoms with van der Waals surface area (Å²) >= 11 is 6.05. The Bertz CT molecular complexity index is 388. The second-order valence-electron chi connectivity index (χ2n) is 4.06. The number of nitrogens with zero attached hydrogens (tertiary/aromatic N) is 3. The van der Waals surface area contributed by atoms with Gasteiger partial charge in [0.2, 0.25) is 0 Å². The molecule has 1 aromatic heterocycles. The fourth-order valence-corrected chi connectivity index (χ4v) is 2.36. The third kappa shape index (κ3) is 2.61. The Labute approximate surface area is 106 Å². The molecule has 1 fully saturated rings. The number of hydrogen-bond acceptors (Lipinski definition) is 5. The van der Waals surface area contributed by atoms with Crippen molar-refractivity contribution in [3.8, 4) is 0 Å². The summed E-state index contributed by atoms with van der Waals surface area (Å²) in [7, 11) is 3.58. The van der Waals surface area contributed by atoms with Crippen LogP contribution in [0.25, 0.3) is 0 Å². The summed E-state index contributed by atoms with van der Waals surface area (Å²) in [5.41, 5.74) is 0.783. The van der Waals surface area contributed by atoms with Gasteiger partial charge in [-0.2, -0.15) is 0 Å². The molecule has 1 atom stereocenters. The van der Waals surface area contributed by atoms with Crippen LogP contribution in [0.2, 0.25) is 5.15 Å². The molecular weight excluding hydrogens is 240 g/mol. The molecule has 5 nitrogen and oxygen atoms in total. The highest BCUT2D eigenvalue weighted by Crippen LogP contribution is 2.30. The van der Waals surface area contributed by atoms with Crippen LogP contribution in [0.1, 0.15) is 12.8 Å². The van der Waals surface area contributed by atoms with E-state index in [4.69, 9.17) is 16.3 Å². The van der Waals surface area contributed by atoms with E-state index in [1.165, 1.54) is 6.33 Å². The zero-order valence-corrected chi connectivity index (χ0v) is 10.9. The summed E-state index contributed by atoms with van der Waals surface area (Å²) in [6, 6.07) is 0. The van der Waals surface area contributed by atoms with Crippen molar-refractivity contribution in [1.29, 1.82) is 0 Å². The van der Waals surface area contributed by atoms with Crippen molar-refractivity contribution in [2.45, 2.75) is 18.9 Å². The molecule has 1 aromatic rings. The lowest BCUT2D eigenvalue weighted by Crippen LogP contribution is -2.40. The van der Waals surface area contributed by atoms with Crippen LogP contribution < -0.4 is 10.2 Å². The SMILES string of the molecule is CNc1c(Cl)ncnc1N1CCCC(OC)C1. The van der Waals surface area contributed by atoms with Gasteiger partial charge < -0.3 is 15.0 Å². The molecule has 1 saturated heterocycles. The zero-order chi connectivity index (χ0) is 12.3. The topological polar surface area (TPSA) is 50.3 Å². The third-order valence-electron chi connectivity index (χ3n) is 3.04. The number of halogens is 1. The first kappa shape index (κ1) is 12.4. The predicted octanol–water partition coefficient (Wildman–Crippen LogP) is 1.79. The van der Waals surface area contributed by atoms with Gasteiger partial charge in [-0.05, 0) is 12.8 Å². The predicted molar refractivity (Wildman–Crippen MR) is 68.8 cm³/mol. The van der Waals surface area contributed by atoms with Gasteiger partial charge in [-0.1, -0.05) is 11.6 Å². The van der Waals surface area contributed by atoms with Crippen molar-refractivity contribution in [1.82, 2.24) is 9.97 Å². The monoisotopic (exact) mass is 256 g/mol. The van der Waals surface area contributed by atoms with E-state index in [1.54, 1.807) is 7.11 Å². The van der Waals surface area contributed by atoms with Crippen LogP contribution in [0.5, 0.6) is 0 Å². The first-order valence-corrected chi connectivity index (χ1v) is 6.10. The molecule has 1 unspecified atom stereocenters. The molecule has 0 amide bonds. The maximum atomic E-state index is 6.05. The maximum Gasteiger partial charge on any atom is 0.157 e. The Morgan fingerprint density at radius 3 is 3.06 bits per heavy atom. The van der Waals surface area contributed by atoms with Crippen LogP contribution in [0.4, 0.5) is 11.5 Å². The standard InChI is InChI=1S/C11H17ClN4O/c1-13-9-10(12)14-7-15-11(9)16-5-3-4-8(6-16)17-2/h7-8,13H,3-6H2,1-2H3. The molecule has 1 aliphatic heterocycles. The van der Waals surface area contributed by atoms with Gasteiger partial charge in [-0.25, -0.2) is 9.97 Å². The van der Waals surface area contributed by atoms with Crippen molar-refractivity contribution in [3.63, 3.8) is 0 Å². The summed E-state index contributed by atoms with van der Waals surface area (Å²) in [4.78, 5) is 10.5. The largest absolute Gasteiger partial charge is 0.383 e. The van der Waals surface area contributed by atoms with Crippen molar-refractivity contribution >= 4 is 23.1 Å². The highest BCUT2D eigenvalue weighted by Gasteiger charge is 2.23. The Morgan fingerprint density at radius 1 is 1.53 bits per heavy atom. The average Bonchev–Trinajstić information content (AvgIpc) is 2.38. The number of hydrogen-bond donors (Lipinski definition) is 1. The first-order chi connectivity index (χ1) is 8.26. The minimum Gasteiger partial charge on any atom is -0.383 e. The number of piperidine rings is 1. The summed E-state index contributed by atoms with van der Waals surface area (Å²) in [5.74, 6) is 0.856. The van der Waals surface area contributed by atoms with Crippen LogP contribution in [0, 0.1) is 0 Å². The summed E-state index contributed by atoms with van der Waals surface area (Å²) < 4.78 is 5.41. The van der Waals surface area contributed by atoms with Crippen molar-refractivity contribution in [2.75, 3.05) is 37.5 Å². The minimum atomic E-state index is 0.266. The Morgan fingerprint density at radius 2 is 2.35 bits per heavy atom. The molecule has 94 valence electrons. The molecule has 0 aliphatic carbocycles. The second-order valence-corrected chi connectivity index (χ2v) is 4.42. The van der Waals surface area contributed by atoms with E-state index in [2.05, 4.69) is 20.2 Å². The van der Waals surface area contributed by atoms with Crippen molar-refractivity contribution < 1.29 is 4.74 Å². The van der Waals surface area contributed by atoms with E-state index in [0.29, 0.717) is 5.15 Å². The van der Waals surface area contributed by atoms with E-state index in [0.717, 1.165) is 37.4 Å². The second kappa shape index (κ2) is 5.51. The van der Waals surface area contributed by atoms with Crippen LogP contribution >= 0.6 is 11.6 Å². The normalized spacial score (nSPS) is 20.4. The van der Waals surface area contributed by atoms with E-state index in [9.17, 15) is 0 Å². The summed E-state index contributed by atoms with van der Waals surface area (Å²) in [5, 5.41) is 3.51. The molecular formula is C11H17ClN4O. The van der Waals surface area contributed by atoms with Gasteiger partial charge in [0, 0.05) is 27.2 Å². The molecule has 0 aromatic carbocycles. The molecule has 1 aliphatic rings. The number of anilines is 2. The number of ether oxygens (including phenoxy) is 1. The van der Waals surface area contributed by atoms with Crippen molar-refractivity contribution in [3.05, 3.63) is 11.5 Å². The molecule has 17 heavy (non-hydrogen) atoms. The third-order valence-corrected chi connectivity index (χ3v) is 3.33. The number of nitrogens with one attached hydrogen (secondary N) is 1. The molecule has 0 bridgehead atoms. The molecule has 0 radical (unpaired) electrons. The van der Waals surface area contributed by atoms with E-state index in [1.807, 2.05) is 7.05 Å². The smallest absolute Gasteiger partial charge is 0.157 e. The summed E-state index contributed by atoms with van der Waals surface area (Å²) in [6.45, 7) is 1.82. The summed E-state index contributed by atoms with van der Waals surface area (Å²) in [6.07, 6.45) is 3.96. The highest BCUT2D eigenvalue weighted by atomic mass is 35.5. The highest BCUT2D eigenvalue weighted by molar-refractivity contribution is 6.32. The van der Waals surface area contributed by atoms with Gasteiger partial charge in [-0.3, -0.25) is 0 Å². The van der Waals surface area contributed by atoms with Gasteiger partial charge in [-0.15, -0.1) is 0 Å². The zero-order valence-electron chi connectivity index (χ0n) is 10.1. The molecule has 6 heteroatoms. The van der Waals surface area contributed by atoms with Gasteiger partial charge in [0.05, 0.1) is 6.10 Å². The number of methoxy groups -OCH3 is 1. The molecule has 0 spiro atoms. The Kier molecular flexibility index (Phi) is 4.02. The Balaban J connectivity index is 2.24. The maximum absolute atomic E-state index is 6.05. The van der Waals surface area contributed by atoms with Crippen LogP contribution in [0.3, 0.4) is 0 Å². The van der Waals surface area contributed by atoms with Crippen LogP contribution in [-0.4, -0.2) is 43.3 Å². The number of aromatic nitrogens is 2. The first-order valence-electron chi connectivity index (χ1n) is 5.72. The molecule has 2 rings (SSSR count). The molecule has 2 heterocycles. The molecule has 1 N–H and O–H groups in total. The van der Waals surface area contributed by atoms with Gasteiger partial charge in [0.15, 0.2) is 11.0 Å². The fraction of sp³-hybridized carbons (Fsp3) is 0.636. The molecule has 0 saturated carbocycles. The van der Waals surface area contributed by atoms with Gasteiger partial charge in [0.25, 0.3) is 0 Å².